The largest absolute Gasteiger partial charge is 0.413 e. The molecule has 3 rings (SSSR count). The molecular weight excluding hydrogens is 352 g/mol. The van der Waals surface area contributed by atoms with Crippen molar-refractivity contribution in [3.05, 3.63) is 60.9 Å². The van der Waals surface area contributed by atoms with Gasteiger partial charge in [-0.1, -0.05) is 24.3 Å². The molecule has 0 aliphatic heterocycles. The zero-order valence-corrected chi connectivity index (χ0v) is 15.6. The number of rotatable bonds is 3. The van der Waals surface area contributed by atoms with Crippen molar-refractivity contribution in [2.24, 2.45) is 0 Å². The Morgan fingerprint density at radius 2 is 1.69 bits per heavy atom. The van der Waals surface area contributed by atoms with Crippen LogP contribution in [0.1, 0.15) is 20.8 Å². The third kappa shape index (κ3) is 3.57. The van der Waals surface area contributed by atoms with Gasteiger partial charge in [0.1, 0.15) is 4.90 Å². The summed E-state index contributed by atoms with van der Waals surface area (Å²) >= 11 is 0. The maximum Gasteiger partial charge on any atom is 0.413 e. The number of fused-ring (bicyclic) bond motifs is 1. The van der Waals surface area contributed by atoms with Gasteiger partial charge < -0.3 is 14.5 Å². The van der Waals surface area contributed by atoms with Crippen molar-refractivity contribution in [1.82, 2.24) is 9.72 Å². The Kier molecular flexibility index (Phi) is 4.50. The van der Waals surface area contributed by atoms with Gasteiger partial charge in [0.05, 0.1) is 16.6 Å². The second-order valence-corrected chi connectivity index (χ2v) is 8.78. The molecule has 26 heavy (non-hydrogen) atoms. The number of hydrogen-bond donors (Lipinski definition) is 1. The van der Waals surface area contributed by atoms with Crippen LogP contribution >= 0.6 is 0 Å². The fourth-order valence-electron chi connectivity index (χ4n) is 2.56. The summed E-state index contributed by atoms with van der Waals surface area (Å²) in [6, 6.07) is 13.2. The van der Waals surface area contributed by atoms with Crippen LogP contribution in [0.2, 0.25) is 0 Å². The molecule has 0 spiro atoms. The van der Waals surface area contributed by atoms with Crippen molar-refractivity contribution < 1.29 is 17.9 Å². The van der Waals surface area contributed by atoms with Gasteiger partial charge in [0.25, 0.3) is 0 Å². The van der Waals surface area contributed by atoms with Crippen molar-refractivity contribution in [3.63, 3.8) is 0 Å². The second-order valence-electron chi connectivity index (χ2n) is 6.90. The molecule has 0 aliphatic carbocycles. The zero-order valence-electron chi connectivity index (χ0n) is 14.8. The summed E-state index contributed by atoms with van der Waals surface area (Å²) in [6.07, 6.45) is 2.49. The Morgan fingerprint density at radius 3 is 2.35 bits per heavy atom. The predicted molar refractivity (Wildman–Crippen MR) is 98.2 cm³/mol. The average Bonchev–Trinajstić information content (AvgIpc) is 2.92. The first-order valence-electron chi connectivity index (χ1n) is 8.08. The van der Waals surface area contributed by atoms with Gasteiger partial charge in [-0.15, -0.1) is 0 Å². The van der Waals surface area contributed by atoms with Gasteiger partial charge >= 0.3 is 6.09 Å². The molecule has 6 nitrogen and oxygen atoms in total. The number of ether oxygens (including phenoxy) is 1. The van der Waals surface area contributed by atoms with Gasteiger partial charge in [0.15, 0.2) is 5.75 Å². The van der Waals surface area contributed by atoms with Gasteiger partial charge in [-0.05, 0) is 45.0 Å². The number of hydrogen-bond acceptors (Lipinski definition) is 4. The topological polar surface area (TPSA) is 76.9 Å². The fraction of sp³-hybridized carbons (Fsp3) is 0.211. The number of nitrogens with one attached hydrogen (secondary N) is 1. The summed E-state index contributed by atoms with van der Waals surface area (Å²) in [5.74, 6) is -0.0122. The number of carbonyl (C=O) groups is 1. The van der Waals surface area contributed by atoms with E-state index in [9.17, 15) is 13.2 Å². The molecule has 1 amide bonds. The van der Waals surface area contributed by atoms with Crippen LogP contribution in [-0.4, -0.2) is 24.5 Å². The Bertz CT molecular complexity index is 1050. The van der Waals surface area contributed by atoms with Gasteiger partial charge in [0.2, 0.25) is 9.84 Å². The summed E-state index contributed by atoms with van der Waals surface area (Å²) in [5, 5.41) is 2.67. The molecule has 0 unspecified atom stereocenters. The van der Waals surface area contributed by atoms with Crippen LogP contribution in [0, 0.1) is 0 Å². The Balaban J connectivity index is 2.13. The van der Waals surface area contributed by atoms with E-state index in [0.29, 0.717) is 5.52 Å². The molecule has 1 N–H and O–H groups in total. The molecule has 0 saturated carbocycles. The number of aromatic nitrogens is 1. The average molecular weight is 372 g/mol. The van der Waals surface area contributed by atoms with Crippen LogP contribution in [0.15, 0.2) is 70.7 Å². The molecule has 0 radical (unpaired) electrons. The van der Waals surface area contributed by atoms with E-state index in [4.69, 9.17) is 4.74 Å². The van der Waals surface area contributed by atoms with E-state index >= 15 is 0 Å². The minimum atomic E-state index is -3.87. The van der Waals surface area contributed by atoms with Crippen LogP contribution in [-0.2, 0) is 9.84 Å². The van der Waals surface area contributed by atoms with E-state index in [1.165, 1.54) is 18.3 Å². The number of nitrogens with zero attached hydrogens (tertiary/aromatic N) is 1. The number of amides is 1. The summed E-state index contributed by atoms with van der Waals surface area (Å²) < 4.78 is 33.3. The molecule has 0 bridgehead atoms. The van der Waals surface area contributed by atoms with Gasteiger partial charge in [0, 0.05) is 11.7 Å². The molecule has 0 aliphatic rings. The molecule has 2 aromatic heterocycles. The van der Waals surface area contributed by atoms with Crippen LogP contribution < -0.4 is 10.1 Å². The lowest BCUT2D eigenvalue weighted by molar-refractivity contribution is 0.189. The molecule has 7 heteroatoms. The van der Waals surface area contributed by atoms with Crippen molar-refractivity contribution in [1.29, 1.82) is 0 Å². The van der Waals surface area contributed by atoms with E-state index in [2.05, 4.69) is 5.32 Å². The van der Waals surface area contributed by atoms with Crippen LogP contribution in [0.3, 0.4) is 0 Å². The molecule has 136 valence electrons. The molecule has 2 heterocycles. The van der Waals surface area contributed by atoms with E-state index in [-0.39, 0.29) is 15.5 Å². The molecular formula is C19H20N2O4S. The lowest BCUT2D eigenvalue weighted by Crippen LogP contribution is -2.42. The first-order chi connectivity index (χ1) is 12.2. The van der Waals surface area contributed by atoms with Crippen LogP contribution in [0.5, 0.6) is 5.75 Å². The van der Waals surface area contributed by atoms with Crippen molar-refractivity contribution in [2.45, 2.75) is 36.1 Å². The Labute approximate surface area is 152 Å². The van der Waals surface area contributed by atoms with E-state index in [0.717, 1.165) is 0 Å². The Hall–Kier alpha value is -2.80. The maximum absolute atomic E-state index is 13.2. The second kappa shape index (κ2) is 6.49. The number of benzene rings is 1. The summed E-state index contributed by atoms with van der Waals surface area (Å²) in [6.45, 7) is 5.43. The van der Waals surface area contributed by atoms with Crippen molar-refractivity contribution in [3.8, 4) is 5.75 Å². The highest BCUT2D eigenvalue weighted by molar-refractivity contribution is 7.91. The number of pyridine rings is 1. The minimum Gasteiger partial charge on any atom is -0.407 e. The molecule has 3 aromatic rings. The fourth-order valence-corrected chi connectivity index (χ4v) is 4.12. The first kappa shape index (κ1) is 18.0. The third-order valence-electron chi connectivity index (χ3n) is 3.60. The smallest absolute Gasteiger partial charge is 0.407 e. The molecule has 1 aromatic carbocycles. The SMILES string of the molecule is CC(C)(C)NC(=O)Oc1cn2ccccc2c1S(=O)(=O)c1ccccc1. The van der Waals surface area contributed by atoms with E-state index in [1.807, 2.05) is 20.8 Å². The number of carbonyl (C=O) groups excluding carboxylic acids is 1. The quantitative estimate of drug-likeness (QED) is 0.761. The van der Waals surface area contributed by atoms with Crippen LogP contribution in [0.25, 0.3) is 5.52 Å². The standard InChI is InChI=1S/C19H20N2O4S/c1-19(2,3)20-18(22)25-16-13-21-12-8-7-11-15(21)17(16)26(23,24)14-9-5-4-6-10-14/h4-13H,1-3H3,(H,20,22). The lowest BCUT2D eigenvalue weighted by Gasteiger charge is -2.19. The van der Waals surface area contributed by atoms with Gasteiger partial charge in [-0.25, -0.2) is 13.2 Å². The monoisotopic (exact) mass is 372 g/mol. The highest BCUT2D eigenvalue weighted by Gasteiger charge is 2.28. The Morgan fingerprint density at radius 1 is 1.04 bits per heavy atom. The molecule has 0 saturated heterocycles. The highest BCUT2D eigenvalue weighted by atomic mass is 32.2. The zero-order chi connectivity index (χ0) is 18.9. The lowest BCUT2D eigenvalue weighted by atomic mass is 10.1. The summed E-state index contributed by atoms with van der Waals surface area (Å²) in [4.78, 5) is 12.3. The normalized spacial score (nSPS) is 12.1. The highest BCUT2D eigenvalue weighted by Crippen LogP contribution is 2.35. The van der Waals surface area contributed by atoms with Gasteiger partial charge in [-0.2, -0.15) is 0 Å². The van der Waals surface area contributed by atoms with Crippen LogP contribution in [0.4, 0.5) is 4.79 Å². The first-order valence-corrected chi connectivity index (χ1v) is 9.57. The van der Waals surface area contributed by atoms with Gasteiger partial charge in [-0.3, -0.25) is 0 Å². The molecule has 0 fully saturated rings. The minimum absolute atomic E-state index is 0.0122. The summed E-state index contributed by atoms with van der Waals surface area (Å²) in [5.41, 5.74) is -0.0655. The van der Waals surface area contributed by atoms with E-state index < -0.39 is 21.5 Å². The maximum atomic E-state index is 13.2. The van der Waals surface area contributed by atoms with Crippen molar-refractivity contribution >= 4 is 21.4 Å². The predicted octanol–water partition coefficient (Wildman–Crippen LogP) is 3.66. The third-order valence-corrected chi connectivity index (χ3v) is 5.45. The summed E-state index contributed by atoms with van der Waals surface area (Å²) in [7, 11) is -3.87. The van der Waals surface area contributed by atoms with E-state index in [1.54, 1.807) is 47.0 Å². The number of sulfone groups is 1. The molecule has 0 atom stereocenters. The van der Waals surface area contributed by atoms with Crippen molar-refractivity contribution in [2.75, 3.05) is 0 Å².